The van der Waals surface area contributed by atoms with Gasteiger partial charge in [-0.25, -0.2) is 0 Å². The first-order valence-corrected chi connectivity index (χ1v) is 16.7. The van der Waals surface area contributed by atoms with Crippen molar-refractivity contribution in [2.45, 2.75) is 68.5 Å². The zero-order valence-corrected chi connectivity index (χ0v) is 24.1. The van der Waals surface area contributed by atoms with E-state index >= 15 is 0 Å². The fourth-order valence-corrected chi connectivity index (χ4v) is 10.1. The molecule has 0 aromatic heterocycles. The lowest BCUT2D eigenvalue weighted by Gasteiger charge is -2.60. The number of amides is 1. The van der Waals surface area contributed by atoms with Crippen LogP contribution >= 0.6 is 11.8 Å². The summed E-state index contributed by atoms with van der Waals surface area (Å²) in [5.41, 5.74) is 3.58. The quantitative estimate of drug-likeness (QED) is 0.194. The minimum atomic E-state index is -2.16. The van der Waals surface area contributed by atoms with Crippen LogP contribution < -0.4 is 0 Å². The summed E-state index contributed by atoms with van der Waals surface area (Å²) in [5, 5.41) is 10.3. The maximum Gasteiger partial charge on any atom is 0.221 e. The van der Waals surface area contributed by atoms with Gasteiger partial charge in [-0.2, -0.15) is 0 Å². The SMILES string of the molecule is CC(O)C[C@@H]1C(=O)N([Si](C)(C)C(C)(C)C)[C@@H]1SC(c1ccccc1)(c1ccccc1)c1ccccc1. The van der Waals surface area contributed by atoms with Crippen molar-refractivity contribution < 1.29 is 9.90 Å². The lowest BCUT2D eigenvalue weighted by atomic mass is 9.84. The number of aliphatic hydroxyl groups excluding tert-OH is 1. The maximum absolute atomic E-state index is 13.7. The first kappa shape index (κ1) is 26.7. The van der Waals surface area contributed by atoms with Crippen LogP contribution in [0.4, 0.5) is 0 Å². The van der Waals surface area contributed by atoms with Crippen molar-refractivity contribution in [3.8, 4) is 0 Å². The van der Waals surface area contributed by atoms with E-state index < -0.39 is 19.1 Å². The Morgan fingerprint density at radius 2 is 1.22 bits per heavy atom. The van der Waals surface area contributed by atoms with Crippen LogP contribution in [0.15, 0.2) is 91.0 Å². The molecule has 0 aliphatic carbocycles. The van der Waals surface area contributed by atoms with Gasteiger partial charge in [-0.15, -0.1) is 11.8 Å². The van der Waals surface area contributed by atoms with E-state index in [-0.39, 0.29) is 22.2 Å². The summed E-state index contributed by atoms with van der Waals surface area (Å²) >= 11 is 1.87. The number of carbonyl (C=O) groups excluding carboxylic acids is 1. The summed E-state index contributed by atoms with van der Waals surface area (Å²) in [5.74, 6) is -0.0114. The third-order valence-electron chi connectivity index (χ3n) is 8.02. The smallest absolute Gasteiger partial charge is 0.221 e. The lowest BCUT2D eigenvalue weighted by molar-refractivity contribution is -0.145. The van der Waals surface area contributed by atoms with E-state index in [1.807, 2.05) is 11.8 Å². The molecule has 190 valence electrons. The van der Waals surface area contributed by atoms with Crippen molar-refractivity contribution in [1.82, 2.24) is 4.57 Å². The van der Waals surface area contributed by atoms with Crippen LogP contribution in [0.5, 0.6) is 0 Å². The molecule has 1 aliphatic rings. The van der Waals surface area contributed by atoms with Crippen LogP contribution in [0.1, 0.15) is 50.8 Å². The van der Waals surface area contributed by atoms with Crippen LogP contribution in [0.3, 0.4) is 0 Å². The van der Waals surface area contributed by atoms with Crippen molar-refractivity contribution >= 4 is 25.9 Å². The summed E-state index contributed by atoms with van der Waals surface area (Å²) in [6.07, 6.45) is -0.0426. The summed E-state index contributed by atoms with van der Waals surface area (Å²) in [6.45, 7) is 13.2. The van der Waals surface area contributed by atoms with Crippen LogP contribution in [-0.4, -0.2) is 35.3 Å². The van der Waals surface area contributed by atoms with E-state index in [9.17, 15) is 9.90 Å². The van der Waals surface area contributed by atoms with Crippen LogP contribution in [0.2, 0.25) is 18.1 Å². The Bertz CT molecular complexity index is 1060. The summed E-state index contributed by atoms with van der Waals surface area (Å²) in [6, 6.07) is 32.0. The molecule has 3 atom stereocenters. The van der Waals surface area contributed by atoms with E-state index in [0.717, 1.165) is 0 Å². The Hall–Kier alpha value is -2.34. The highest BCUT2D eigenvalue weighted by molar-refractivity contribution is 8.01. The molecule has 3 aromatic carbocycles. The number of rotatable bonds is 8. The number of aliphatic hydroxyl groups is 1. The predicted octanol–water partition coefficient (Wildman–Crippen LogP) is 7.27. The number of β-lactam (4-membered cyclic amide) rings is 1. The molecule has 1 fully saturated rings. The van der Waals surface area contributed by atoms with E-state index in [0.29, 0.717) is 6.42 Å². The Morgan fingerprint density at radius 3 is 1.56 bits per heavy atom. The Balaban J connectivity index is 1.94. The first-order chi connectivity index (χ1) is 17.0. The molecule has 3 nitrogen and oxygen atoms in total. The van der Waals surface area contributed by atoms with E-state index in [1.165, 1.54) is 16.7 Å². The van der Waals surface area contributed by atoms with Crippen molar-refractivity contribution in [3.63, 3.8) is 0 Å². The normalized spacial score (nSPS) is 19.6. The standard InChI is InChI=1S/C31H39NO2SSi/c1-23(33)22-27-28(34)32(36(5,6)30(2,3)4)29(27)35-31(24-16-10-7-11-17-24,25-18-12-8-13-19-25)26-20-14-9-15-21-26/h7-21,23,27,29,33H,22H2,1-6H3/t23?,27-,29-/m1/s1. The second-order valence-corrected chi connectivity index (χ2v) is 17.9. The van der Waals surface area contributed by atoms with E-state index in [2.05, 4.69) is 129 Å². The predicted molar refractivity (Wildman–Crippen MR) is 154 cm³/mol. The maximum atomic E-state index is 13.7. The van der Waals surface area contributed by atoms with Gasteiger partial charge in [-0.3, -0.25) is 4.79 Å². The van der Waals surface area contributed by atoms with Gasteiger partial charge in [0.15, 0.2) is 8.24 Å². The molecule has 1 saturated heterocycles. The first-order valence-electron chi connectivity index (χ1n) is 12.9. The molecule has 1 heterocycles. The molecule has 36 heavy (non-hydrogen) atoms. The van der Waals surface area contributed by atoms with Crippen LogP contribution in [0, 0.1) is 5.92 Å². The molecule has 5 heteroatoms. The number of benzene rings is 3. The molecule has 0 radical (unpaired) electrons. The minimum absolute atomic E-state index is 0.0200. The largest absolute Gasteiger partial charge is 0.393 e. The molecular weight excluding hydrogens is 478 g/mol. The number of thioether (sulfide) groups is 1. The Kier molecular flexibility index (Phi) is 7.57. The highest BCUT2D eigenvalue weighted by atomic mass is 32.2. The van der Waals surface area contributed by atoms with Gasteiger partial charge < -0.3 is 9.67 Å². The molecule has 1 N–H and O–H groups in total. The topological polar surface area (TPSA) is 40.5 Å². The van der Waals surface area contributed by atoms with E-state index in [4.69, 9.17) is 0 Å². The second kappa shape index (κ2) is 10.2. The van der Waals surface area contributed by atoms with Gasteiger partial charge in [0.1, 0.15) is 0 Å². The second-order valence-electron chi connectivity index (χ2n) is 11.5. The van der Waals surface area contributed by atoms with Crippen molar-refractivity contribution in [2.75, 3.05) is 0 Å². The Morgan fingerprint density at radius 1 is 0.833 bits per heavy atom. The van der Waals surface area contributed by atoms with Crippen molar-refractivity contribution in [1.29, 1.82) is 0 Å². The molecule has 3 aromatic rings. The third kappa shape index (κ3) is 4.69. The molecule has 1 unspecified atom stereocenters. The fraction of sp³-hybridized carbons (Fsp3) is 0.387. The van der Waals surface area contributed by atoms with E-state index in [1.54, 1.807) is 6.92 Å². The molecule has 1 aliphatic heterocycles. The van der Waals surface area contributed by atoms with Gasteiger partial charge in [0.2, 0.25) is 5.91 Å². The number of carbonyl (C=O) groups is 1. The van der Waals surface area contributed by atoms with Crippen molar-refractivity contribution in [3.05, 3.63) is 108 Å². The molecule has 0 spiro atoms. The van der Waals surface area contributed by atoms with Gasteiger partial charge in [0.05, 0.1) is 22.1 Å². The number of hydrogen-bond acceptors (Lipinski definition) is 3. The molecule has 4 rings (SSSR count). The lowest BCUT2D eigenvalue weighted by Crippen LogP contribution is -2.72. The molecule has 0 saturated carbocycles. The highest BCUT2D eigenvalue weighted by Gasteiger charge is 2.59. The minimum Gasteiger partial charge on any atom is -0.393 e. The summed E-state index contributed by atoms with van der Waals surface area (Å²) < 4.78 is 1.72. The van der Waals surface area contributed by atoms with Gasteiger partial charge in [-0.1, -0.05) is 125 Å². The number of hydrogen-bond donors (Lipinski definition) is 1. The zero-order valence-electron chi connectivity index (χ0n) is 22.3. The zero-order chi connectivity index (χ0) is 26.1. The van der Waals surface area contributed by atoms with Gasteiger partial charge in [0, 0.05) is 0 Å². The van der Waals surface area contributed by atoms with Crippen LogP contribution in [0.25, 0.3) is 0 Å². The average Bonchev–Trinajstić information content (AvgIpc) is 2.86. The summed E-state index contributed by atoms with van der Waals surface area (Å²) in [7, 11) is -2.16. The van der Waals surface area contributed by atoms with Crippen LogP contribution in [-0.2, 0) is 9.54 Å². The third-order valence-corrected chi connectivity index (χ3v) is 15.4. The van der Waals surface area contributed by atoms with Gasteiger partial charge in [-0.05, 0) is 35.1 Å². The Labute approximate surface area is 222 Å². The monoisotopic (exact) mass is 517 g/mol. The number of nitrogens with zero attached hydrogens (tertiary/aromatic N) is 1. The molecular formula is C31H39NO2SSi. The van der Waals surface area contributed by atoms with Gasteiger partial charge >= 0.3 is 0 Å². The highest BCUT2D eigenvalue weighted by Crippen LogP contribution is 2.57. The fourth-order valence-electron chi connectivity index (χ4n) is 5.10. The van der Waals surface area contributed by atoms with Crippen molar-refractivity contribution in [2.24, 2.45) is 5.92 Å². The molecule has 0 bridgehead atoms. The summed E-state index contributed by atoms with van der Waals surface area (Å²) in [4.78, 5) is 13.7. The average molecular weight is 518 g/mol. The molecule has 1 amide bonds. The van der Waals surface area contributed by atoms with Gasteiger partial charge in [0.25, 0.3) is 0 Å².